The minimum absolute atomic E-state index is 0.594. The van der Waals surface area contributed by atoms with Crippen LogP contribution in [-0.4, -0.2) is 19.7 Å². The Balaban J connectivity index is 2.16. The van der Waals surface area contributed by atoms with Crippen LogP contribution in [0.15, 0.2) is 34.7 Å². The van der Waals surface area contributed by atoms with Crippen molar-refractivity contribution in [2.45, 2.75) is 9.92 Å². The third-order valence-electron chi connectivity index (χ3n) is 1.69. The maximum absolute atomic E-state index is 5.25. The van der Waals surface area contributed by atoms with Crippen molar-refractivity contribution in [2.75, 3.05) is 5.43 Å². The Morgan fingerprint density at radius 2 is 2.33 bits per heavy atom. The van der Waals surface area contributed by atoms with Gasteiger partial charge in [0.2, 0.25) is 0 Å². The van der Waals surface area contributed by atoms with Crippen molar-refractivity contribution < 1.29 is 0 Å². The highest BCUT2D eigenvalue weighted by Gasteiger charge is 2.02. The van der Waals surface area contributed by atoms with Gasteiger partial charge in [0, 0.05) is 19.3 Å². The molecule has 6 nitrogen and oxygen atoms in total. The molecule has 0 unspecified atom stereocenters. The van der Waals surface area contributed by atoms with Gasteiger partial charge < -0.3 is 5.43 Å². The lowest BCUT2D eigenvalue weighted by molar-refractivity contribution is 0.766. The van der Waals surface area contributed by atoms with Gasteiger partial charge in [0.25, 0.3) is 0 Å². The molecule has 0 saturated heterocycles. The standard InChI is InChI=1S/C8H10N6S/c1-14-4-6(3-12-14)15-8-2-7(13-9)10-5-11-8/h2-5H,9H2,1H3,(H,10,11,13). The van der Waals surface area contributed by atoms with E-state index >= 15 is 0 Å². The lowest BCUT2D eigenvalue weighted by Crippen LogP contribution is -2.08. The summed E-state index contributed by atoms with van der Waals surface area (Å²) < 4.78 is 1.74. The third kappa shape index (κ3) is 2.45. The molecule has 0 saturated carbocycles. The van der Waals surface area contributed by atoms with Crippen LogP contribution in [0.4, 0.5) is 5.82 Å². The molecule has 3 N–H and O–H groups in total. The summed E-state index contributed by atoms with van der Waals surface area (Å²) in [6, 6.07) is 1.78. The molecule has 2 rings (SSSR count). The Hall–Kier alpha value is -1.60. The van der Waals surface area contributed by atoms with Gasteiger partial charge in [-0.3, -0.25) is 4.68 Å². The molecular formula is C8H10N6S. The number of nitrogens with zero attached hydrogens (tertiary/aromatic N) is 4. The lowest BCUT2D eigenvalue weighted by atomic mass is 10.6. The topological polar surface area (TPSA) is 81.7 Å². The molecule has 0 fully saturated rings. The summed E-state index contributed by atoms with van der Waals surface area (Å²) >= 11 is 1.51. The van der Waals surface area contributed by atoms with E-state index in [1.807, 2.05) is 13.2 Å². The fourth-order valence-corrected chi connectivity index (χ4v) is 1.86. The van der Waals surface area contributed by atoms with E-state index in [1.54, 1.807) is 16.9 Å². The summed E-state index contributed by atoms with van der Waals surface area (Å²) in [5.41, 5.74) is 2.47. The number of nitrogen functional groups attached to an aromatic ring is 1. The summed E-state index contributed by atoms with van der Waals surface area (Å²) in [4.78, 5) is 9.06. The van der Waals surface area contributed by atoms with Crippen molar-refractivity contribution >= 4 is 17.6 Å². The van der Waals surface area contributed by atoms with Crippen LogP contribution in [0.2, 0.25) is 0 Å². The average molecular weight is 222 g/mol. The molecular weight excluding hydrogens is 212 g/mol. The van der Waals surface area contributed by atoms with Crippen LogP contribution in [-0.2, 0) is 7.05 Å². The molecule has 0 atom stereocenters. The first-order chi connectivity index (χ1) is 7.28. The van der Waals surface area contributed by atoms with Crippen LogP contribution in [0.3, 0.4) is 0 Å². The highest BCUT2D eigenvalue weighted by Crippen LogP contribution is 2.25. The molecule has 7 heteroatoms. The molecule has 0 aliphatic heterocycles. The van der Waals surface area contributed by atoms with Gasteiger partial charge in [-0.15, -0.1) is 0 Å². The largest absolute Gasteiger partial charge is 0.308 e. The predicted molar refractivity (Wildman–Crippen MR) is 57.2 cm³/mol. The highest BCUT2D eigenvalue weighted by molar-refractivity contribution is 7.99. The smallest absolute Gasteiger partial charge is 0.144 e. The summed E-state index contributed by atoms with van der Waals surface area (Å²) in [5, 5.41) is 4.89. The summed E-state index contributed by atoms with van der Waals surface area (Å²) in [7, 11) is 1.87. The molecule has 2 aromatic heterocycles. The second kappa shape index (κ2) is 4.28. The second-order valence-corrected chi connectivity index (χ2v) is 3.93. The van der Waals surface area contributed by atoms with Crippen LogP contribution >= 0.6 is 11.8 Å². The fourth-order valence-electron chi connectivity index (χ4n) is 1.05. The third-order valence-corrected chi connectivity index (χ3v) is 2.57. The Labute approximate surface area is 90.9 Å². The van der Waals surface area contributed by atoms with Crippen LogP contribution in [0.25, 0.3) is 0 Å². The van der Waals surface area contributed by atoms with Gasteiger partial charge >= 0.3 is 0 Å². The van der Waals surface area contributed by atoms with E-state index < -0.39 is 0 Å². The minimum Gasteiger partial charge on any atom is -0.308 e. The Morgan fingerprint density at radius 1 is 1.47 bits per heavy atom. The van der Waals surface area contributed by atoms with Crippen molar-refractivity contribution in [3.05, 3.63) is 24.8 Å². The Bertz CT molecular complexity index is 454. The molecule has 2 aromatic rings. The monoisotopic (exact) mass is 222 g/mol. The number of hydrogen-bond donors (Lipinski definition) is 2. The van der Waals surface area contributed by atoms with E-state index in [1.165, 1.54) is 18.1 Å². The SMILES string of the molecule is Cn1cc(Sc2cc(NN)ncn2)cn1. The number of nitrogens with two attached hydrogens (primary N) is 1. The van der Waals surface area contributed by atoms with E-state index in [9.17, 15) is 0 Å². The number of hydrazine groups is 1. The number of aromatic nitrogens is 4. The van der Waals surface area contributed by atoms with Crippen LogP contribution in [0.1, 0.15) is 0 Å². The molecule has 0 bridgehead atoms. The van der Waals surface area contributed by atoms with E-state index in [0.717, 1.165) is 9.92 Å². The van der Waals surface area contributed by atoms with Gasteiger partial charge in [0.05, 0.1) is 11.1 Å². The molecule has 0 aliphatic carbocycles. The van der Waals surface area contributed by atoms with Crippen LogP contribution in [0, 0.1) is 0 Å². The van der Waals surface area contributed by atoms with Crippen LogP contribution < -0.4 is 11.3 Å². The van der Waals surface area contributed by atoms with Gasteiger partial charge in [-0.05, 0) is 0 Å². The van der Waals surface area contributed by atoms with Crippen molar-refractivity contribution in [1.29, 1.82) is 0 Å². The summed E-state index contributed by atoms with van der Waals surface area (Å²) in [6.07, 6.45) is 5.17. The molecule has 2 heterocycles. The molecule has 78 valence electrons. The van der Waals surface area contributed by atoms with Gasteiger partial charge in [-0.1, -0.05) is 11.8 Å². The predicted octanol–water partition coefficient (Wildman–Crippen LogP) is 0.647. The van der Waals surface area contributed by atoms with Gasteiger partial charge in [0.1, 0.15) is 17.2 Å². The second-order valence-electron chi connectivity index (χ2n) is 2.84. The van der Waals surface area contributed by atoms with E-state index in [2.05, 4.69) is 20.5 Å². The molecule has 0 radical (unpaired) electrons. The number of anilines is 1. The molecule has 15 heavy (non-hydrogen) atoms. The van der Waals surface area contributed by atoms with E-state index in [-0.39, 0.29) is 0 Å². The number of aryl methyl sites for hydroxylation is 1. The minimum atomic E-state index is 0.594. The fraction of sp³-hybridized carbons (Fsp3) is 0.125. The zero-order valence-electron chi connectivity index (χ0n) is 8.08. The van der Waals surface area contributed by atoms with Crippen LogP contribution in [0.5, 0.6) is 0 Å². The Morgan fingerprint density at radius 3 is 3.00 bits per heavy atom. The maximum atomic E-state index is 5.25. The van der Waals surface area contributed by atoms with E-state index in [4.69, 9.17) is 5.84 Å². The number of hydrogen-bond acceptors (Lipinski definition) is 6. The highest BCUT2D eigenvalue weighted by atomic mass is 32.2. The first-order valence-corrected chi connectivity index (χ1v) is 5.05. The molecule has 0 spiro atoms. The molecule has 0 amide bonds. The summed E-state index contributed by atoms with van der Waals surface area (Å²) in [5.74, 6) is 5.84. The Kier molecular flexibility index (Phi) is 2.84. The number of rotatable bonds is 3. The number of nitrogens with one attached hydrogen (secondary N) is 1. The van der Waals surface area contributed by atoms with Crippen molar-refractivity contribution in [3.8, 4) is 0 Å². The average Bonchev–Trinajstić information content (AvgIpc) is 2.64. The maximum Gasteiger partial charge on any atom is 0.144 e. The van der Waals surface area contributed by atoms with Crippen molar-refractivity contribution in [3.63, 3.8) is 0 Å². The first kappa shape index (κ1) is 9.94. The lowest BCUT2D eigenvalue weighted by Gasteiger charge is -2.00. The van der Waals surface area contributed by atoms with Gasteiger partial charge in [-0.2, -0.15) is 5.10 Å². The molecule has 0 aliphatic rings. The quantitative estimate of drug-likeness (QED) is 0.451. The first-order valence-electron chi connectivity index (χ1n) is 4.23. The van der Waals surface area contributed by atoms with Crippen molar-refractivity contribution in [2.24, 2.45) is 12.9 Å². The van der Waals surface area contributed by atoms with Gasteiger partial charge in [-0.25, -0.2) is 15.8 Å². The summed E-state index contributed by atoms with van der Waals surface area (Å²) in [6.45, 7) is 0. The normalized spacial score (nSPS) is 10.3. The van der Waals surface area contributed by atoms with Crippen molar-refractivity contribution in [1.82, 2.24) is 19.7 Å². The van der Waals surface area contributed by atoms with Gasteiger partial charge in [0.15, 0.2) is 0 Å². The zero-order valence-corrected chi connectivity index (χ0v) is 8.90. The van der Waals surface area contributed by atoms with E-state index in [0.29, 0.717) is 5.82 Å². The molecule has 0 aromatic carbocycles. The zero-order chi connectivity index (χ0) is 10.7.